The van der Waals surface area contributed by atoms with Crippen molar-refractivity contribution in [1.82, 2.24) is 0 Å². The van der Waals surface area contributed by atoms with Crippen LogP contribution in [0.3, 0.4) is 0 Å². The summed E-state index contributed by atoms with van der Waals surface area (Å²) in [7, 11) is 0. The summed E-state index contributed by atoms with van der Waals surface area (Å²) in [5.41, 5.74) is 0.649. The number of hydrogen-bond donors (Lipinski definition) is 1. The molecule has 0 radical (unpaired) electrons. The third-order valence-electron chi connectivity index (χ3n) is 2.81. The lowest BCUT2D eigenvalue weighted by atomic mass is 9.78. The molecule has 1 atom stereocenters. The van der Waals surface area contributed by atoms with Crippen LogP contribution in [0, 0.1) is 5.82 Å². The Morgan fingerprint density at radius 3 is 2.21 bits per heavy atom. The number of aliphatic hydroxyl groups excluding tert-OH is 1. The fourth-order valence-electron chi connectivity index (χ4n) is 1.58. The summed E-state index contributed by atoms with van der Waals surface area (Å²) in [6.45, 7) is 5.87. The van der Waals surface area contributed by atoms with Gasteiger partial charge in [-0.15, -0.1) is 0 Å². The van der Waals surface area contributed by atoms with Gasteiger partial charge in [-0.25, -0.2) is 4.39 Å². The molecule has 14 heavy (non-hydrogen) atoms. The van der Waals surface area contributed by atoms with Gasteiger partial charge >= 0.3 is 0 Å². The van der Waals surface area contributed by atoms with Gasteiger partial charge in [-0.05, 0) is 24.1 Å². The largest absolute Gasteiger partial charge is 0.392 e. The second kappa shape index (κ2) is 4.09. The van der Waals surface area contributed by atoms with Crippen LogP contribution in [0.4, 0.5) is 4.39 Å². The first-order chi connectivity index (χ1) is 6.48. The van der Waals surface area contributed by atoms with E-state index in [1.807, 2.05) is 20.8 Å². The predicted molar refractivity (Wildman–Crippen MR) is 55.7 cm³/mol. The first kappa shape index (κ1) is 11.2. The van der Waals surface area contributed by atoms with Gasteiger partial charge in [0, 0.05) is 5.41 Å². The summed E-state index contributed by atoms with van der Waals surface area (Å²) in [4.78, 5) is 0. The highest BCUT2D eigenvalue weighted by atomic mass is 19.1. The summed E-state index contributed by atoms with van der Waals surface area (Å²) >= 11 is 0. The third-order valence-corrected chi connectivity index (χ3v) is 2.81. The summed E-state index contributed by atoms with van der Waals surface area (Å²) in [5, 5.41) is 9.81. The first-order valence-electron chi connectivity index (χ1n) is 4.92. The van der Waals surface area contributed by atoms with Gasteiger partial charge in [-0.2, -0.15) is 0 Å². The minimum absolute atomic E-state index is 0.240. The van der Waals surface area contributed by atoms with E-state index in [9.17, 15) is 9.50 Å². The second-order valence-corrected chi connectivity index (χ2v) is 4.15. The Balaban J connectivity index is 2.97. The van der Waals surface area contributed by atoms with Crippen LogP contribution < -0.4 is 0 Å². The molecule has 1 aromatic rings. The van der Waals surface area contributed by atoms with Crippen molar-refractivity contribution in [1.29, 1.82) is 0 Å². The minimum Gasteiger partial charge on any atom is -0.392 e. The lowest BCUT2D eigenvalue weighted by Gasteiger charge is -2.30. The number of aliphatic hydroxyl groups is 1. The average Bonchev–Trinajstić information content (AvgIpc) is 2.17. The van der Waals surface area contributed by atoms with Gasteiger partial charge in [-0.1, -0.05) is 32.9 Å². The lowest BCUT2D eigenvalue weighted by molar-refractivity contribution is 0.0960. The van der Waals surface area contributed by atoms with Gasteiger partial charge in [0.05, 0.1) is 6.10 Å². The van der Waals surface area contributed by atoms with E-state index in [1.54, 1.807) is 12.1 Å². The van der Waals surface area contributed by atoms with Crippen LogP contribution in [0.5, 0.6) is 0 Å². The first-order valence-corrected chi connectivity index (χ1v) is 4.92. The average molecular weight is 196 g/mol. The van der Waals surface area contributed by atoms with Gasteiger partial charge in [0.1, 0.15) is 5.82 Å². The molecule has 0 aliphatic heterocycles. The van der Waals surface area contributed by atoms with E-state index in [1.165, 1.54) is 12.1 Å². The number of benzene rings is 1. The van der Waals surface area contributed by atoms with E-state index >= 15 is 0 Å². The van der Waals surface area contributed by atoms with Gasteiger partial charge in [0.2, 0.25) is 0 Å². The zero-order valence-electron chi connectivity index (χ0n) is 8.92. The maximum atomic E-state index is 12.7. The maximum Gasteiger partial charge on any atom is 0.123 e. The van der Waals surface area contributed by atoms with Crippen molar-refractivity contribution in [3.05, 3.63) is 35.6 Å². The monoisotopic (exact) mass is 196 g/mol. The van der Waals surface area contributed by atoms with E-state index in [-0.39, 0.29) is 11.2 Å². The van der Waals surface area contributed by atoms with E-state index < -0.39 is 6.10 Å². The zero-order valence-corrected chi connectivity index (χ0v) is 8.92. The van der Waals surface area contributed by atoms with Crippen molar-refractivity contribution in [2.24, 2.45) is 0 Å². The second-order valence-electron chi connectivity index (χ2n) is 4.15. The molecule has 0 bridgehead atoms. The molecule has 0 fully saturated rings. The van der Waals surface area contributed by atoms with Crippen LogP contribution in [0.1, 0.15) is 32.8 Å². The normalized spacial score (nSPS) is 14.1. The Hall–Kier alpha value is -0.890. The summed E-state index contributed by atoms with van der Waals surface area (Å²) in [5.74, 6) is -0.240. The maximum absolute atomic E-state index is 12.7. The molecule has 0 spiro atoms. The van der Waals surface area contributed by atoms with Crippen molar-refractivity contribution < 1.29 is 9.50 Å². The van der Waals surface area contributed by atoms with Crippen LogP contribution in [0.2, 0.25) is 0 Å². The molecule has 0 amide bonds. The molecule has 1 N–H and O–H groups in total. The summed E-state index contributed by atoms with van der Waals surface area (Å²) in [6, 6.07) is 6.32. The number of hydrogen-bond acceptors (Lipinski definition) is 1. The Bertz CT molecular complexity index is 290. The molecule has 0 unspecified atom stereocenters. The van der Waals surface area contributed by atoms with Crippen LogP contribution in [-0.2, 0) is 5.41 Å². The molecule has 2 heteroatoms. The van der Waals surface area contributed by atoms with Gasteiger partial charge in [0.25, 0.3) is 0 Å². The van der Waals surface area contributed by atoms with Crippen molar-refractivity contribution in [3.63, 3.8) is 0 Å². The Labute approximate surface area is 84.6 Å². The Morgan fingerprint density at radius 2 is 1.79 bits per heavy atom. The van der Waals surface area contributed by atoms with Crippen LogP contribution in [0.25, 0.3) is 0 Å². The molecule has 0 aliphatic carbocycles. The fourth-order valence-corrected chi connectivity index (χ4v) is 1.58. The molecular weight excluding hydrogens is 179 g/mol. The van der Waals surface area contributed by atoms with Crippen LogP contribution in [-0.4, -0.2) is 11.2 Å². The standard InChI is InChI=1S/C12H17FO/c1-4-11(14)12(2,3)9-5-7-10(13)8-6-9/h5-8,11,14H,4H2,1-3H3/t11-/m1/s1. The highest BCUT2D eigenvalue weighted by Crippen LogP contribution is 2.28. The van der Waals surface area contributed by atoms with E-state index in [2.05, 4.69) is 0 Å². The Kier molecular flexibility index (Phi) is 3.27. The summed E-state index contributed by atoms with van der Waals surface area (Å²) in [6.07, 6.45) is 0.303. The molecule has 78 valence electrons. The van der Waals surface area contributed by atoms with Crippen molar-refractivity contribution in [2.45, 2.75) is 38.7 Å². The molecule has 0 saturated carbocycles. The van der Waals surface area contributed by atoms with Gasteiger partial charge < -0.3 is 5.11 Å². The van der Waals surface area contributed by atoms with Crippen LogP contribution in [0.15, 0.2) is 24.3 Å². The van der Waals surface area contributed by atoms with Crippen LogP contribution >= 0.6 is 0 Å². The van der Waals surface area contributed by atoms with E-state index in [0.717, 1.165) is 5.56 Å². The SMILES string of the molecule is CC[C@@H](O)C(C)(C)c1ccc(F)cc1. The molecule has 0 aliphatic rings. The molecule has 1 nitrogen and oxygen atoms in total. The quantitative estimate of drug-likeness (QED) is 0.788. The molecule has 1 rings (SSSR count). The van der Waals surface area contributed by atoms with E-state index in [0.29, 0.717) is 6.42 Å². The van der Waals surface area contributed by atoms with Gasteiger partial charge in [0.15, 0.2) is 0 Å². The number of halogens is 1. The number of rotatable bonds is 3. The lowest BCUT2D eigenvalue weighted by Crippen LogP contribution is -2.32. The van der Waals surface area contributed by atoms with E-state index in [4.69, 9.17) is 0 Å². The fraction of sp³-hybridized carbons (Fsp3) is 0.500. The van der Waals surface area contributed by atoms with Crippen molar-refractivity contribution in [2.75, 3.05) is 0 Å². The minimum atomic E-state index is -0.395. The highest BCUT2D eigenvalue weighted by Gasteiger charge is 2.28. The topological polar surface area (TPSA) is 20.2 Å². The molecule has 0 saturated heterocycles. The van der Waals surface area contributed by atoms with Crippen molar-refractivity contribution >= 4 is 0 Å². The summed E-state index contributed by atoms with van der Waals surface area (Å²) < 4.78 is 12.7. The zero-order chi connectivity index (χ0) is 10.8. The molecule has 0 heterocycles. The third kappa shape index (κ3) is 2.13. The molecule has 1 aromatic carbocycles. The molecule has 0 aromatic heterocycles. The predicted octanol–water partition coefficient (Wildman–Crippen LogP) is 2.87. The highest BCUT2D eigenvalue weighted by molar-refractivity contribution is 5.25. The Morgan fingerprint density at radius 1 is 1.29 bits per heavy atom. The molecular formula is C12H17FO. The van der Waals surface area contributed by atoms with Crippen molar-refractivity contribution in [3.8, 4) is 0 Å². The smallest absolute Gasteiger partial charge is 0.123 e. The van der Waals surface area contributed by atoms with Gasteiger partial charge in [-0.3, -0.25) is 0 Å².